The van der Waals surface area contributed by atoms with E-state index in [1.807, 2.05) is 24.2 Å². The fraction of sp³-hybridized carbons (Fsp3) is 0.286. The van der Waals surface area contributed by atoms with Crippen LogP contribution >= 0.6 is 11.8 Å². The minimum atomic E-state index is 0.613. The fourth-order valence-corrected chi connectivity index (χ4v) is 2.04. The van der Waals surface area contributed by atoms with Crippen molar-refractivity contribution in [3.05, 3.63) is 23.9 Å². The predicted molar refractivity (Wildman–Crippen MR) is 42.0 cm³/mol. The molecule has 46 valence electrons. The molecule has 0 fully saturated rings. The normalized spacial score (nSPS) is 30.2. The summed E-state index contributed by atoms with van der Waals surface area (Å²) in [6.07, 6.45) is 8.21. The van der Waals surface area contributed by atoms with Crippen molar-refractivity contribution in [1.29, 1.82) is 0 Å². The van der Waals surface area contributed by atoms with Gasteiger partial charge in [-0.05, 0) is 11.6 Å². The Morgan fingerprint density at radius 3 is 3.56 bits per heavy atom. The second-order valence-electron chi connectivity index (χ2n) is 2.08. The first-order valence-electron chi connectivity index (χ1n) is 2.98. The zero-order valence-electron chi connectivity index (χ0n) is 4.95. The number of thioether (sulfide) groups is 1. The molecule has 0 aliphatic carbocycles. The molecule has 0 aromatic carbocycles. The minimum absolute atomic E-state index is 0.613. The molecule has 0 bridgehead atoms. The molecule has 0 aromatic heterocycles. The van der Waals surface area contributed by atoms with Crippen molar-refractivity contribution in [2.45, 2.75) is 5.25 Å². The van der Waals surface area contributed by atoms with Crippen molar-refractivity contribution < 1.29 is 0 Å². The predicted octanol–water partition coefficient (Wildman–Crippen LogP) is 1.63. The van der Waals surface area contributed by atoms with Crippen LogP contribution in [0.25, 0.3) is 0 Å². The Labute approximate surface area is 58.6 Å². The maximum Gasteiger partial charge on any atom is 0.0510 e. The van der Waals surface area contributed by atoms with E-state index >= 15 is 0 Å². The van der Waals surface area contributed by atoms with E-state index in [-0.39, 0.29) is 0 Å². The summed E-state index contributed by atoms with van der Waals surface area (Å²) >= 11 is 1.96. The molecule has 0 N–H and O–H groups in total. The fourth-order valence-electron chi connectivity index (χ4n) is 1.01. The summed E-state index contributed by atoms with van der Waals surface area (Å²) in [6.45, 7) is 0. The van der Waals surface area contributed by atoms with Crippen LogP contribution in [-0.4, -0.2) is 17.2 Å². The van der Waals surface area contributed by atoms with Gasteiger partial charge in [-0.15, -0.1) is 11.8 Å². The monoisotopic (exact) mass is 137 g/mol. The van der Waals surface area contributed by atoms with Gasteiger partial charge in [0, 0.05) is 18.2 Å². The van der Waals surface area contributed by atoms with E-state index in [9.17, 15) is 0 Å². The molecule has 0 saturated heterocycles. The second-order valence-corrected chi connectivity index (χ2v) is 3.25. The molecule has 1 atom stereocenters. The van der Waals surface area contributed by atoms with E-state index in [1.54, 1.807) is 0 Å². The van der Waals surface area contributed by atoms with Gasteiger partial charge in [0.05, 0.1) is 5.25 Å². The van der Waals surface area contributed by atoms with Crippen LogP contribution in [-0.2, 0) is 0 Å². The van der Waals surface area contributed by atoms with Crippen LogP contribution in [0.5, 0.6) is 0 Å². The van der Waals surface area contributed by atoms with Crippen molar-refractivity contribution >= 4 is 18.0 Å². The number of hydrogen-bond acceptors (Lipinski definition) is 2. The molecular formula is C7H7NS. The van der Waals surface area contributed by atoms with Gasteiger partial charge < -0.3 is 0 Å². The third-order valence-corrected chi connectivity index (χ3v) is 2.64. The van der Waals surface area contributed by atoms with Gasteiger partial charge in [-0.3, -0.25) is 4.99 Å². The Kier molecular flexibility index (Phi) is 1.19. The molecule has 0 saturated carbocycles. The highest BCUT2D eigenvalue weighted by molar-refractivity contribution is 8.00. The van der Waals surface area contributed by atoms with Crippen molar-refractivity contribution in [2.75, 3.05) is 5.75 Å². The molecule has 0 radical (unpaired) electrons. The highest BCUT2D eigenvalue weighted by Crippen LogP contribution is 2.28. The summed E-state index contributed by atoms with van der Waals surface area (Å²) in [4.78, 5) is 4.03. The molecule has 2 heteroatoms. The first-order chi connectivity index (χ1) is 4.47. The minimum Gasteiger partial charge on any atom is -0.265 e. The van der Waals surface area contributed by atoms with E-state index in [4.69, 9.17) is 0 Å². The van der Waals surface area contributed by atoms with Gasteiger partial charge in [0.2, 0.25) is 0 Å². The molecule has 1 unspecified atom stereocenters. The largest absolute Gasteiger partial charge is 0.265 e. The lowest BCUT2D eigenvalue weighted by atomic mass is 10.2. The first kappa shape index (κ1) is 5.30. The van der Waals surface area contributed by atoms with Crippen molar-refractivity contribution in [3.8, 4) is 0 Å². The lowest BCUT2D eigenvalue weighted by Gasteiger charge is -2.06. The van der Waals surface area contributed by atoms with Crippen LogP contribution in [0, 0.1) is 0 Å². The average molecular weight is 137 g/mol. The Morgan fingerprint density at radius 2 is 2.67 bits per heavy atom. The van der Waals surface area contributed by atoms with Crippen LogP contribution in [0.2, 0.25) is 0 Å². The number of hydrogen-bond donors (Lipinski definition) is 0. The van der Waals surface area contributed by atoms with Crippen LogP contribution in [0.3, 0.4) is 0 Å². The van der Waals surface area contributed by atoms with E-state index < -0.39 is 0 Å². The van der Waals surface area contributed by atoms with Gasteiger partial charge >= 0.3 is 0 Å². The highest BCUT2D eigenvalue weighted by atomic mass is 32.2. The van der Waals surface area contributed by atoms with Crippen LogP contribution in [0.15, 0.2) is 28.9 Å². The van der Waals surface area contributed by atoms with E-state index in [0.29, 0.717) is 5.25 Å². The zero-order valence-corrected chi connectivity index (χ0v) is 5.77. The topological polar surface area (TPSA) is 12.4 Å². The Balaban J connectivity index is 2.33. The number of rotatable bonds is 0. The summed E-state index contributed by atoms with van der Waals surface area (Å²) in [5, 5.41) is 0.613. The third-order valence-electron chi connectivity index (χ3n) is 1.49. The standard InChI is InChI=1S/C7H7NS/c1-3-8-5-6-2-4-9-7(1)6/h1-3,5,7H,4H2. The molecular weight excluding hydrogens is 130 g/mol. The maximum absolute atomic E-state index is 4.03. The summed E-state index contributed by atoms with van der Waals surface area (Å²) < 4.78 is 0. The van der Waals surface area contributed by atoms with Crippen molar-refractivity contribution in [1.82, 2.24) is 0 Å². The maximum atomic E-state index is 4.03. The Hall–Kier alpha value is -0.500. The van der Waals surface area contributed by atoms with Crippen LogP contribution < -0.4 is 0 Å². The first-order valence-corrected chi connectivity index (χ1v) is 4.03. The molecule has 2 heterocycles. The number of nitrogens with zero attached hydrogens (tertiary/aromatic N) is 1. The Bertz CT molecular complexity index is 200. The average Bonchev–Trinajstić information content (AvgIpc) is 2.33. The lowest BCUT2D eigenvalue weighted by Crippen LogP contribution is -2.01. The zero-order chi connectivity index (χ0) is 6.10. The highest BCUT2D eigenvalue weighted by Gasteiger charge is 2.16. The van der Waals surface area contributed by atoms with Crippen molar-refractivity contribution in [3.63, 3.8) is 0 Å². The smallest absolute Gasteiger partial charge is 0.0510 e. The summed E-state index contributed by atoms with van der Waals surface area (Å²) in [5.41, 5.74) is 1.38. The molecule has 2 aliphatic heterocycles. The SMILES string of the molecule is C1=CC2SCC=C2C=N1. The van der Waals surface area contributed by atoms with Gasteiger partial charge in [-0.1, -0.05) is 6.08 Å². The van der Waals surface area contributed by atoms with Crippen LogP contribution in [0.4, 0.5) is 0 Å². The molecule has 0 spiro atoms. The lowest BCUT2D eigenvalue weighted by molar-refractivity contribution is 1.31. The van der Waals surface area contributed by atoms with Gasteiger partial charge in [0.25, 0.3) is 0 Å². The summed E-state index contributed by atoms with van der Waals surface area (Å²) in [5.74, 6) is 1.15. The van der Waals surface area contributed by atoms with Gasteiger partial charge in [-0.25, -0.2) is 0 Å². The quantitative estimate of drug-likeness (QED) is 0.494. The second kappa shape index (κ2) is 2.03. The molecule has 2 aliphatic rings. The van der Waals surface area contributed by atoms with Gasteiger partial charge in [0.15, 0.2) is 0 Å². The van der Waals surface area contributed by atoms with E-state index in [2.05, 4.69) is 17.1 Å². The van der Waals surface area contributed by atoms with Gasteiger partial charge in [0.1, 0.15) is 0 Å². The number of aliphatic imine (C=N–C) groups is 1. The third kappa shape index (κ3) is 0.833. The molecule has 0 amide bonds. The van der Waals surface area contributed by atoms with Crippen LogP contribution in [0.1, 0.15) is 0 Å². The Morgan fingerprint density at radius 1 is 1.67 bits per heavy atom. The molecule has 0 aromatic rings. The number of fused-ring (bicyclic) bond motifs is 1. The summed E-state index contributed by atoms with van der Waals surface area (Å²) in [7, 11) is 0. The molecule has 9 heavy (non-hydrogen) atoms. The summed E-state index contributed by atoms with van der Waals surface area (Å²) in [6, 6.07) is 0. The van der Waals surface area contributed by atoms with Crippen molar-refractivity contribution in [2.24, 2.45) is 4.99 Å². The van der Waals surface area contributed by atoms with Gasteiger partial charge in [-0.2, -0.15) is 0 Å². The molecule has 1 nitrogen and oxygen atoms in total. The van der Waals surface area contributed by atoms with E-state index in [0.717, 1.165) is 5.75 Å². The molecule has 2 rings (SSSR count). The van der Waals surface area contributed by atoms with E-state index in [1.165, 1.54) is 5.57 Å².